The maximum absolute atomic E-state index is 12.0. The summed E-state index contributed by atoms with van der Waals surface area (Å²) in [5.74, 6) is -10.0. The van der Waals surface area contributed by atoms with Gasteiger partial charge in [0.05, 0.1) is 66.1 Å². The minimum absolute atomic E-state index is 0. The van der Waals surface area contributed by atoms with Gasteiger partial charge >= 0.3 is 26.6 Å². The molecule has 4 nitrogen and oxygen atoms in total. The fourth-order valence-corrected chi connectivity index (χ4v) is 11.8. The normalized spacial score (nSPS) is 12.3. The number of hydrogen-bond donors (Lipinski definition) is 0. The maximum Gasteiger partial charge on any atom is 2.00 e. The van der Waals surface area contributed by atoms with Crippen molar-refractivity contribution in [3.05, 3.63) is 156 Å². The van der Waals surface area contributed by atoms with Crippen molar-refractivity contribution in [1.82, 2.24) is 0 Å². The van der Waals surface area contributed by atoms with Crippen LogP contribution in [0.3, 0.4) is 0 Å². The quantitative estimate of drug-likeness (QED) is 0.0339. The third-order valence-corrected chi connectivity index (χ3v) is 14.8. The summed E-state index contributed by atoms with van der Waals surface area (Å²) in [6.45, 7) is 4.99. The molecule has 0 fully saturated rings. The topological polar surface area (TPSA) is 88.7 Å². The molecule has 0 heterocycles. The molecular weight excluding hydrogens is 925 g/mol. The van der Waals surface area contributed by atoms with Gasteiger partial charge in [-0.2, -0.15) is 13.2 Å². The Balaban J connectivity index is 0.000000512. The van der Waals surface area contributed by atoms with Crippen LogP contribution in [0.2, 0.25) is 0 Å². The van der Waals surface area contributed by atoms with Gasteiger partial charge in [0.1, 0.15) is 11.3 Å². The minimum atomic E-state index is -6.09. The maximum atomic E-state index is 12.0. The fourth-order valence-electron chi connectivity index (χ4n) is 4.85. The van der Waals surface area contributed by atoms with Gasteiger partial charge in [0.2, 0.25) is 0 Å². The second kappa shape index (κ2) is 20.9. The second-order valence-electron chi connectivity index (χ2n) is 10.5. The van der Waals surface area contributed by atoms with E-state index >= 15 is 0 Å². The summed E-state index contributed by atoms with van der Waals surface area (Å²) < 4.78 is 119. The number of halogens is 8. The van der Waals surface area contributed by atoms with E-state index in [9.17, 15) is 35.1 Å². The zero-order chi connectivity index (χ0) is 36.4. The van der Waals surface area contributed by atoms with E-state index in [0.717, 1.165) is 6.07 Å². The van der Waals surface area contributed by atoms with Crippen molar-refractivity contribution in [2.24, 2.45) is 0 Å². The Morgan fingerprint density at radius 1 is 0.549 bits per heavy atom. The van der Waals surface area contributed by atoms with Crippen LogP contribution in [0.4, 0.5) is 35.1 Å². The molecule has 5 aromatic rings. The third kappa shape index (κ3) is 12.8. The van der Waals surface area contributed by atoms with Gasteiger partial charge in [-0.25, -0.2) is 21.6 Å². The van der Waals surface area contributed by atoms with E-state index < -0.39 is 60.6 Å². The largest absolute Gasteiger partial charge is 2.00 e. The van der Waals surface area contributed by atoms with Crippen LogP contribution in [0.15, 0.2) is 121 Å². The summed E-state index contributed by atoms with van der Waals surface area (Å²) in [6.07, 6.45) is 0. The summed E-state index contributed by atoms with van der Waals surface area (Å²) in [5.41, 5.74) is -4.43. The Kier molecular flexibility index (Phi) is 18.8. The molecule has 5 aromatic carbocycles. The van der Waals surface area contributed by atoms with Crippen LogP contribution < -0.4 is 21.2 Å². The average molecular weight is 958 g/mol. The second-order valence-corrected chi connectivity index (χ2v) is 17.6. The van der Waals surface area contributed by atoms with Gasteiger partial charge in [-0.3, -0.25) is 8.78 Å². The molecule has 0 aliphatic heterocycles. The van der Waals surface area contributed by atoms with Crippen molar-refractivity contribution in [1.29, 1.82) is 0 Å². The first-order valence-corrected chi connectivity index (χ1v) is 19.0. The van der Waals surface area contributed by atoms with E-state index in [0.29, 0.717) is 11.3 Å². The van der Waals surface area contributed by atoms with Crippen molar-refractivity contribution in [2.45, 2.75) is 30.7 Å². The van der Waals surface area contributed by atoms with Gasteiger partial charge in [-0.05, 0) is 62.4 Å². The van der Waals surface area contributed by atoms with Crippen LogP contribution in [0.5, 0.6) is 0 Å². The van der Waals surface area contributed by atoms with Crippen molar-refractivity contribution in [2.75, 3.05) is 0 Å². The summed E-state index contributed by atoms with van der Waals surface area (Å²) in [7, 11) is -7.91. The van der Waals surface area contributed by atoms with Crippen LogP contribution in [0, 0.1) is 35.2 Å². The zero-order valence-corrected chi connectivity index (χ0v) is 31.8. The van der Waals surface area contributed by atoms with Crippen LogP contribution >= 0.6 is 15.8 Å². The Labute approximate surface area is 307 Å². The number of hydrogen-bond acceptors (Lipinski definition) is 3. The third-order valence-electron chi connectivity index (χ3n) is 7.27. The summed E-state index contributed by atoms with van der Waals surface area (Å²) >= 11 is 0. The molecule has 5 rings (SSSR count). The van der Waals surface area contributed by atoms with Gasteiger partial charge in [0.15, 0.2) is 10.1 Å². The van der Waals surface area contributed by atoms with Crippen molar-refractivity contribution < 1.29 is 74.6 Å². The first kappa shape index (κ1) is 46.0. The Bertz CT molecular complexity index is 1690. The predicted octanol–water partition coefficient (Wildman–Crippen LogP) is 6.90. The number of rotatable bonds is 7. The molecule has 16 heteroatoms. The molecule has 0 unspecified atom stereocenters. The molecule has 2 N–H and O–H groups in total. The minimum Gasteiger partial charge on any atom is -0.741 e. The van der Waals surface area contributed by atoms with Crippen molar-refractivity contribution in [3.63, 3.8) is 0 Å². The smallest absolute Gasteiger partial charge is 0.741 e. The zero-order valence-electron chi connectivity index (χ0n) is 26.7. The van der Waals surface area contributed by atoms with E-state index in [-0.39, 0.29) is 26.5 Å². The summed E-state index contributed by atoms with van der Waals surface area (Å²) in [5, 5.41) is 6.04. The van der Waals surface area contributed by atoms with Gasteiger partial charge in [0.25, 0.3) is 0 Å². The summed E-state index contributed by atoms with van der Waals surface area (Å²) in [4.78, 5) is 0. The van der Waals surface area contributed by atoms with E-state index in [4.69, 9.17) is 13.0 Å². The molecule has 0 radical (unpaired) electrons. The Hall–Kier alpha value is -3.04. The summed E-state index contributed by atoms with van der Waals surface area (Å²) in [6, 6.07) is 45.8. The molecule has 2 atom stereocenters. The first-order valence-electron chi connectivity index (χ1n) is 14.4. The van der Waals surface area contributed by atoms with E-state index in [1.807, 2.05) is 0 Å². The van der Waals surface area contributed by atoms with E-state index in [2.05, 4.69) is 135 Å². The fraction of sp³-hybridized carbons (Fsp3) is 0.143. The van der Waals surface area contributed by atoms with Gasteiger partial charge in [-0.15, -0.1) is 6.07 Å². The van der Waals surface area contributed by atoms with Crippen LogP contribution in [0.25, 0.3) is 0 Å². The monoisotopic (exact) mass is 957 g/mol. The molecule has 0 aliphatic rings. The molecular formula is C35H32F8O4P2PtS+2. The van der Waals surface area contributed by atoms with Crippen LogP contribution in [-0.2, 0) is 31.2 Å². The number of benzene rings is 5. The molecule has 51 heavy (non-hydrogen) atoms. The van der Waals surface area contributed by atoms with Gasteiger partial charge in [-0.1, -0.05) is 72.8 Å². The molecule has 0 bridgehead atoms. The van der Waals surface area contributed by atoms with Gasteiger partial charge in [0, 0.05) is 0 Å². The van der Waals surface area contributed by atoms with Crippen molar-refractivity contribution in [3.8, 4) is 0 Å². The molecule has 0 saturated carbocycles. The molecule has 0 spiro atoms. The molecule has 0 saturated heterocycles. The molecule has 0 amide bonds. The average Bonchev–Trinajstić information content (AvgIpc) is 3.08. The Morgan fingerprint density at radius 2 is 0.765 bits per heavy atom. The number of alkyl halides is 3. The Morgan fingerprint density at radius 3 is 0.961 bits per heavy atom. The molecule has 276 valence electrons. The van der Waals surface area contributed by atoms with Crippen molar-refractivity contribution >= 4 is 47.2 Å². The molecule has 0 aliphatic carbocycles. The van der Waals surface area contributed by atoms with Crippen LogP contribution in [0.1, 0.15) is 13.8 Å². The van der Waals surface area contributed by atoms with E-state index in [1.165, 1.54) is 21.2 Å². The standard InChI is InChI=1S/C28H28P2.C6F5.CHF3O3S.H2O.Pt/c1-23(29(25-15-7-3-8-16-25)26-17-9-4-10-18-26)24(2)30(27-19-11-5-12-20-27)28-21-13-6-14-22-28;7-2-1-3(8)5(10)6(11)4(2)9;2-1(3,4)8(5,6)7;;/h3-24H,1-2H3;;(H,5,6,7);1H2;/q;-1;;;+2/p+1/t23-,24-;;;;/m0..../s1. The predicted molar refractivity (Wildman–Crippen MR) is 184 cm³/mol. The molecule has 0 aromatic heterocycles. The van der Waals surface area contributed by atoms with Gasteiger partial charge < -0.3 is 10.0 Å². The SMILES string of the molecule is C[C@@H]([C@H](C)[PH+](c1ccccc1)c1ccccc1)[PH+](c1ccccc1)c1ccccc1.Fc1[c-]c(F)c(F)c(F)c1F.O.O=S(=O)([O-])C(F)(F)F.[Pt+2]. The van der Waals surface area contributed by atoms with Crippen LogP contribution in [-0.4, -0.2) is 35.3 Å². The first-order chi connectivity index (χ1) is 23.0. The van der Waals surface area contributed by atoms with E-state index in [1.54, 1.807) is 0 Å².